The van der Waals surface area contributed by atoms with E-state index < -0.39 is 5.97 Å². The minimum Gasteiger partial charge on any atom is -0.335 e. The van der Waals surface area contributed by atoms with Crippen LogP contribution in [0, 0.1) is 11.3 Å². The molecule has 2 aromatic rings. The number of pyridine rings is 1. The molecule has 0 aromatic carbocycles. The quantitative estimate of drug-likeness (QED) is 0.849. The molecule has 0 spiro atoms. The number of carbonyl (C=O) groups excluding carboxylic acids is 1. The number of nitriles is 1. The van der Waals surface area contributed by atoms with Crippen LogP contribution in [0.2, 0.25) is 0 Å². The van der Waals surface area contributed by atoms with Gasteiger partial charge in [0.05, 0.1) is 6.20 Å². The van der Waals surface area contributed by atoms with Crippen LogP contribution in [-0.4, -0.2) is 15.7 Å². The van der Waals surface area contributed by atoms with Crippen molar-refractivity contribution < 1.29 is 9.63 Å². The molecule has 0 atom stereocenters. The highest BCUT2D eigenvalue weighted by atomic mass is 16.7. The van der Waals surface area contributed by atoms with Crippen molar-refractivity contribution in [3.05, 3.63) is 29.6 Å². The van der Waals surface area contributed by atoms with E-state index in [4.69, 9.17) is 10.1 Å². The fourth-order valence-electron chi connectivity index (χ4n) is 3.11. The van der Waals surface area contributed by atoms with Crippen LogP contribution in [0.3, 0.4) is 0 Å². The van der Waals surface area contributed by atoms with Crippen LogP contribution in [0.1, 0.15) is 56.2 Å². The summed E-state index contributed by atoms with van der Waals surface area (Å²) in [6, 6.07) is 5.65. The van der Waals surface area contributed by atoms with Gasteiger partial charge in [-0.3, -0.25) is 0 Å². The van der Waals surface area contributed by atoms with Crippen LogP contribution in [0.5, 0.6) is 0 Å². The van der Waals surface area contributed by atoms with Crippen LogP contribution in [0.25, 0.3) is 11.0 Å². The third kappa shape index (κ3) is 2.62. The summed E-state index contributed by atoms with van der Waals surface area (Å²) in [6.45, 7) is 1.36. The summed E-state index contributed by atoms with van der Waals surface area (Å²) in [5, 5.41) is 9.97. The first-order valence-electron chi connectivity index (χ1n) is 7.30. The van der Waals surface area contributed by atoms with Gasteiger partial charge in [-0.15, -0.1) is 0 Å². The number of carbonyl (C=O) groups is 1. The molecule has 1 saturated carbocycles. The van der Waals surface area contributed by atoms with Crippen molar-refractivity contribution in [2.45, 2.75) is 44.9 Å². The fourth-order valence-corrected chi connectivity index (χ4v) is 3.11. The van der Waals surface area contributed by atoms with E-state index in [1.165, 1.54) is 36.5 Å². The van der Waals surface area contributed by atoms with Gasteiger partial charge in [0.1, 0.15) is 11.8 Å². The molecule has 0 N–H and O–H groups in total. The first kappa shape index (κ1) is 13.6. The Morgan fingerprint density at radius 1 is 1.38 bits per heavy atom. The van der Waals surface area contributed by atoms with Gasteiger partial charge >= 0.3 is 5.97 Å². The summed E-state index contributed by atoms with van der Waals surface area (Å²) in [5.74, 6) is 0.0825. The Morgan fingerprint density at radius 2 is 2.14 bits per heavy atom. The maximum absolute atomic E-state index is 11.3. The second-order valence-corrected chi connectivity index (χ2v) is 5.51. The van der Waals surface area contributed by atoms with Crippen LogP contribution >= 0.6 is 0 Å². The molecule has 5 nitrogen and oxygen atoms in total. The normalized spacial score (nSPS) is 15.8. The molecule has 1 aliphatic rings. The zero-order valence-corrected chi connectivity index (χ0v) is 12.0. The van der Waals surface area contributed by atoms with Crippen molar-refractivity contribution in [2.75, 3.05) is 0 Å². The fraction of sp³-hybridized carbons (Fsp3) is 0.438. The molecule has 0 radical (unpaired) electrons. The smallest absolute Gasteiger partial charge is 0.329 e. The van der Waals surface area contributed by atoms with E-state index in [1.807, 2.05) is 18.3 Å². The first-order chi connectivity index (χ1) is 10.2. The minimum atomic E-state index is -0.397. The average Bonchev–Trinajstić information content (AvgIpc) is 2.85. The molecule has 0 saturated heterocycles. The highest BCUT2D eigenvalue weighted by Crippen LogP contribution is 2.36. The van der Waals surface area contributed by atoms with Crippen LogP contribution in [0.4, 0.5) is 0 Å². The van der Waals surface area contributed by atoms with Gasteiger partial charge in [-0.25, -0.2) is 9.78 Å². The molecular formula is C16H17N3O2. The second-order valence-electron chi connectivity index (χ2n) is 5.51. The minimum absolute atomic E-state index is 0.323. The van der Waals surface area contributed by atoms with Gasteiger partial charge in [-0.05, 0) is 36.5 Å². The topological polar surface area (TPSA) is 67.9 Å². The summed E-state index contributed by atoms with van der Waals surface area (Å²) in [6.07, 6.45) is 7.91. The lowest BCUT2D eigenvalue weighted by atomic mass is 9.84. The monoisotopic (exact) mass is 283 g/mol. The van der Waals surface area contributed by atoms with Crippen molar-refractivity contribution in [3.8, 4) is 6.07 Å². The standard InChI is InChI=1S/C16H17N3O2/c1-11(20)21-19-10-15(12-5-3-2-4-6-12)14-8-7-13(9-17)18-16(14)19/h7-8,10,12H,2-6H2,1H3. The Hall–Kier alpha value is -2.35. The SMILES string of the molecule is CC(=O)On1cc(C2CCCCC2)c2ccc(C#N)nc21. The maximum Gasteiger partial charge on any atom is 0.329 e. The molecule has 0 aliphatic heterocycles. The summed E-state index contributed by atoms with van der Waals surface area (Å²) in [7, 11) is 0. The third-order valence-electron chi connectivity index (χ3n) is 4.04. The first-order valence-corrected chi connectivity index (χ1v) is 7.30. The van der Waals surface area contributed by atoms with Crippen LogP contribution in [0.15, 0.2) is 18.3 Å². The molecule has 21 heavy (non-hydrogen) atoms. The lowest BCUT2D eigenvalue weighted by Gasteiger charge is -2.20. The van der Waals surface area contributed by atoms with Crippen molar-refractivity contribution in [1.82, 2.24) is 9.71 Å². The number of hydrogen-bond donors (Lipinski definition) is 0. The van der Waals surface area contributed by atoms with Gasteiger partial charge in [0, 0.05) is 12.3 Å². The molecule has 1 fully saturated rings. The Bertz CT molecular complexity index is 721. The molecule has 2 aromatic heterocycles. The summed E-state index contributed by atoms with van der Waals surface area (Å²) in [5.41, 5.74) is 2.04. The number of hydrogen-bond acceptors (Lipinski definition) is 4. The van der Waals surface area contributed by atoms with Gasteiger partial charge in [0.25, 0.3) is 0 Å². The van der Waals surface area contributed by atoms with Crippen molar-refractivity contribution in [1.29, 1.82) is 5.26 Å². The van der Waals surface area contributed by atoms with E-state index in [0.717, 1.165) is 18.2 Å². The molecule has 5 heteroatoms. The van der Waals surface area contributed by atoms with Gasteiger partial charge in [-0.2, -0.15) is 9.99 Å². The van der Waals surface area contributed by atoms with Crippen molar-refractivity contribution in [3.63, 3.8) is 0 Å². The average molecular weight is 283 g/mol. The van der Waals surface area contributed by atoms with Gasteiger partial charge in [0.2, 0.25) is 0 Å². The van der Waals surface area contributed by atoms with Crippen LogP contribution < -0.4 is 4.84 Å². The van der Waals surface area contributed by atoms with Crippen molar-refractivity contribution >= 4 is 17.0 Å². The molecule has 0 bridgehead atoms. The Morgan fingerprint density at radius 3 is 2.81 bits per heavy atom. The van der Waals surface area contributed by atoms with Gasteiger partial charge in [-0.1, -0.05) is 19.3 Å². The third-order valence-corrected chi connectivity index (χ3v) is 4.04. The Kier molecular flexibility index (Phi) is 3.61. The summed E-state index contributed by atoms with van der Waals surface area (Å²) < 4.78 is 1.41. The molecule has 3 rings (SSSR count). The van der Waals surface area contributed by atoms with E-state index in [1.54, 1.807) is 6.07 Å². The maximum atomic E-state index is 11.3. The molecule has 2 heterocycles. The zero-order valence-electron chi connectivity index (χ0n) is 12.0. The van der Waals surface area contributed by atoms with E-state index in [0.29, 0.717) is 17.3 Å². The van der Waals surface area contributed by atoms with E-state index in [-0.39, 0.29) is 0 Å². The van der Waals surface area contributed by atoms with Gasteiger partial charge in [0.15, 0.2) is 5.65 Å². The highest BCUT2D eigenvalue weighted by molar-refractivity contribution is 5.82. The van der Waals surface area contributed by atoms with Gasteiger partial charge < -0.3 is 4.84 Å². The largest absolute Gasteiger partial charge is 0.335 e. The molecule has 0 unspecified atom stereocenters. The number of fused-ring (bicyclic) bond motifs is 1. The zero-order chi connectivity index (χ0) is 14.8. The predicted molar refractivity (Wildman–Crippen MR) is 77.5 cm³/mol. The molecule has 0 amide bonds. The predicted octanol–water partition coefficient (Wildman–Crippen LogP) is 2.93. The van der Waals surface area contributed by atoms with E-state index in [9.17, 15) is 4.79 Å². The Labute approximate surface area is 123 Å². The number of aromatic nitrogens is 2. The molecule has 108 valence electrons. The van der Waals surface area contributed by atoms with E-state index in [2.05, 4.69) is 4.98 Å². The van der Waals surface area contributed by atoms with E-state index >= 15 is 0 Å². The van der Waals surface area contributed by atoms with Crippen LogP contribution in [-0.2, 0) is 4.79 Å². The molecular weight excluding hydrogens is 266 g/mol. The summed E-state index contributed by atoms with van der Waals surface area (Å²) in [4.78, 5) is 20.8. The number of rotatable bonds is 2. The lowest BCUT2D eigenvalue weighted by Crippen LogP contribution is -2.16. The Balaban J connectivity index is 2.11. The van der Waals surface area contributed by atoms with Crippen molar-refractivity contribution in [2.24, 2.45) is 0 Å². The second kappa shape index (κ2) is 5.57. The molecule has 1 aliphatic carbocycles. The lowest BCUT2D eigenvalue weighted by molar-refractivity contribution is -0.141. The summed E-state index contributed by atoms with van der Waals surface area (Å²) >= 11 is 0. The number of nitrogens with zero attached hydrogens (tertiary/aromatic N) is 3. The highest BCUT2D eigenvalue weighted by Gasteiger charge is 2.22.